The van der Waals surface area contributed by atoms with Crippen LogP contribution in [0.1, 0.15) is 16.8 Å². The molecule has 100 valence electrons. The molecule has 0 saturated carbocycles. The lowest BCUT2D eigenvalue weighted by Gasteiger charge is -2.09. The van der Waals surface area contributed by atoms with Crippen LogP contribution in [-0.4, -0.2) is 17.1 Å². The highest BCUT2D eigenvalue weighted by Gasteiger charge is 2.11. The van der Waals surface area contributed by atoms with Gasteiger partial charge in [-0.25, -0.2) is 4.98 Å². The maximum Gasteiger partial charge on any atom is 0.265 e. The minimum atomic E-state index is -0.197. The quantitative estimate of drug-likeness (QED) is 0.945. The first-order chi connectivity index (χ1) is 9.02. The second-order valence-corrected chi connectivity index (χ2v) is 5.22. The molecule has 0 saturated heterocycles. The van der Waals surface area contributed by atoms with E-state index in [2.05, 4.69) is 32.0 Å². The molecule has 19 heavy (non-hydrogen) atoms. The molecule has 0 aliphatic rings. The van der Waals surface area contributed by atoms with Gasteiger partial charge in [0, 0.05) is 12.7 Å². The van der Waals surface area contributed by atoms with Crippen molar-refractivity contribution in [3.05, 3.63) is 49.8 Å². The van der Waals surface area contributed by atoms with Crippen LogP contribution >= 0.6 is 15.9 Å². The lowest BCUT2D eigenvalue weighted by Crippen LogP contribution is -2.14. The molecule has 1 N–H and O–H groups in total. The molecule has 0 amide bonds. The van der Waals surface area contributed by atoms with Crippen molar-refractivity contribution in [2.24, 2.45) is 0 Å². The third-order valence-electron chi connectivity index (χ3n) is 2.85. The molecular weight excluding hydrogens is 308 g/mol. The van der Waals surface area contributed by atoms with Crippen LogP contribution in [0, 0.1) is 13.8 Å². The molecule has 5 heteroatoms. The number of aromatic nitrogens is 2. The van der Waals surface area contributed by atoms with Gasteiger partial charge in [-0.15, -0.1) is 0 Å². The molecule has 2 rings (SSSR count). The Balaban J connectivity index is 2.59. The van der Waals surface area contributed by atoms with Gasteiger partial charge in [-0.05, 0) is 35.3 Å². The van der Waals surface area contributed by atoms with Crippen LogP contribution in [0.5, 0.6) is 0 Å². The Morgan fingerprint density at radius 2 is 2.11 bits per heavy atom. The van der Waals surface area contributed by atoms with E-state index in [-0.39, 0.29) is 5.56 Å². The van der Waals surface area contributed by atoms with Gasteiger partial charge in [0.15, 0.2) is 0 Å². The summed E-state index contributed by atoms with van der Waals surface area (Å²) in [6.45, 7) is 4.33. The van der Waals surface area contributed by atoms with Gasteiger partial charge in [0.2, 0.25) is 0 Å². The fourth-order valence-corrected chi connectivity index (χ4v) is 2.25. The van der Waals surface area contributed by atoms with E-state index in [4.69, 9.17) is 4.74 Å². The topological polar surface area (TPSA) is 55.0 Å². The van der Waals surface area contributed by atoms with Crippen molar-refractivity contribution in [3.63, 3.8) is 0 Å². The molecule has 0 aliphatic carbocycles. The predicted octanol–water partition coefficient (Wildman–Crippen LogP) is 2.96. The van der Waals surface area contributed by atoms with Crippen LogP contribution in [0.4, 0.5) is 0 Å². The monoisotopic (exact) mass is 322 g/mol. The van der Waals surface area contributed by atoms with Crippen LogP contribution in [0.3, 0.4) is 0 Å². The highest BCUT2D eigenvalue weighted by atomic mass is 79.9. The van der Waals surface area contributed by atoms with Gasteiger partial charge in [-0.3, -0.25) is 4.79 Å². The molecule has 0 radical (unpaired) electrons. The van der Waals surface area contributed by atoms with Gasteiger partial charge in [0.1, 0.15) is 10.3 Å². The molecule has 1 aromatic carbocycles. The van der Waals surface area contributed by atoms with Crippen molar-refractivity contribution in [2.75, 3.05) is 7.11 Å². The Kier molecular flexibility index (Phi) is 4.17. The first kappa shape index (κ1) is 14.0. The smallest absolute Gasteiger partial charge is 0.265 e. The average molecular weight is 323 g/mol. The summed E-state index contributed by atoms with van der Waals surface area (Å²) < 4.78 is 5.48. The number of aryl methyl sites for hydroxylation is 2. The minimum Gasteiger partial charge on any atom is -0.378 e. The van der Waals surface area contributed by atoms with Crippen molar-refractivity contribution in [1.29, 1.82) is 0 Å². The standard InChI is InChI=1S/C14H15BrN2O2/c1-8-4-5-10(9(2)6-8)13-16-11(7-19-3)12(15)14(18)17-13/h4-6H,7H2,1-3H3,(H,16,17,18). The third kappa shape index (κ3) is 2.93. The highest BCUT2D eigenvalue weighted by Crippen LogP contribution is 2.22. The van der Waals surface area contributed by atoms with Gasteiger partial charge in [-0.1, -0.05) is 23.8 Å². The fraction of sp³-hybridized carbons (Fsp3) is 0.286. The summed E-state index contributed by atoms with van der Waals surface area (Å²) >= 11 is 3.23. The van der Waals surface area contributed by atoms with E-state index in [1.807, 2.05) is 26.0 Å². The van der Waals surface area contributed by atoms with Crippen molar-refractivity contribution < 1.29 is 4.74 Å². The number of nitrogens with one attached hydrogen (secondary N) is 1. The zero-order chi connectivity index (χ0) is 14.0. The third-order valence-corrected chi connectivity index (χ3v) is 3.67. The first-order valence-electron chi connectivity index (χ1n) is 5.88. The zero-order valence-electron chi connectivity index (χ0n) is 11.1. The van der Waals surface area contributed by atoms with Gasteiger partial charge in [0.05, 0.1) is 12.3 Å². The summed E-state index contributed by atoms with van der Waals surface area (Å²) in [6, 6.07) is 6.03. The number of hydrogen-bond donors (Lipinski definition) is 1. The van der Waals surface area contributed by atoms with E-state index in [1.165, 1.54) is 5.56 Å². The second kappa shape index (κ2) is 5.67. The molecule has 4 nitrogen and oxygen atoms in total. The number of ether oxygens (including phenoxy) is 1. The average Bonchev–Trinajstić information content (AvgIpc) is 2.35. The summed E-state index contributed by atoms with van der Waals surface area (Å²) in [5, 5.41) is 0. The lowest BCUT2D eigenvalue weighted by atomic mass is 10.1. The van der Waals surface area contributed by atoms with Crippen LogP contribution < -0.4 is 5.56 Å². The van der Waals surface area contributed by atoms with E-state index >= 15 is 0 Å². The van der Waals surface area contributed by atoms with E-state index in [9.17, 15) is 4.79 Å². The number of benzene rings is 1. The predicted molar refractivity (Wildman–Crippen MR) is 78.2 cm³/mol. The minimum absolute atomic E-state index is 0.197. The SMILES string of the molecule is COCc1nc(-c2ccc(C)cc2C)[nH]c(=O)c1Br. The largest absolute Gasteiger partial charge is 0.378 e. The number of aromatic amines is 1. The number of nitrogens with zero attached hydrogens (tertiary/aromatic N) is 1. The van der Waals surface area contributed by atoms with Crippen molar-refractivity contribution in [1.82, 2.24) is 9.97 Å². The molecule has 0 fully saturated rings. The number of rotatable bonds is 3. The summed E-state index contributed by atoms with van der Waals surface area (Å²) in [4.78, 5) is 19.1. The molecule has 1 heterocycles. The summed E-state index contributed by atoms with van der Waals surface area (Å²) in [5.74, 6) is 0.567. The van der Waals surface area contributed by atoms with Gasteiger partial charge >= 0.3 is 0 Å². The van der Waals surface area contributed by atoms with Crippen molar-refractivity contribution >= 4 is 15.9 Å². The Hall–Kier alpha value is -1.46. The van der Waals surface area contributed by atoms with Crippen LogP contribution in [0.25, 0.3) is 11.4 Å². The highest BCUT2D eigenvalue weighted by molar-refractivity contribution is 9.10. The molecule has 0 atom stereocenters. The first-order valence-corrected chi connectivity index (χ1v) is 6.67. The number of hydrogen-bond acceptors (Lipinski definition) is 3. The van der Waals surface area contributed by atoms with E-state index in [0.717, 1.165) is 11.1 Å². The lowest BCUT2D eigenvalue weighted by molar-refractivity contribution is 0.180. The maximum atomic E-state index is 11.9. The summed E-state index contributed by atoms with van der Waals surface area (Å²) in [5.41, 5.74) is 3.58. The van der Waals surface area contributed by atoms with Crippen LogP contribution in [0.2, 0.25) is 0 Å². The van der Waals surface area contributed by atoms with Crippen LogP contribution in [0.15, 0.2) is 27.5 Å². The molecule has 0 spiro atoms. The van der Waals surface area contributed by atoms with Crippen molar-refractivity contribution in [3.8, 4) is 11.4 Å². The molecule has 1 aromatic heterocycles. The zero-order valence-corrected chi connectivity index (χ0v) is 12.7. The fourth-order valence-electron chi connectivity index (χ4n) is 1.94. The number of H-pyrrole nitrogens is 1. The molecule has 0 bridgehead atoms. The Morgan fingerprint density at radius 3 is 2.74 bits per heavy atom. The Bertz CT molecular complexity index is 665. The second-order valence-electron chi connectivity index (χ2n) is 4.43. The normalized spacial score (nSPS) is 10.7. The maximum absolute atomic E-state index is 11.9. The van der Waals surface area contributed by atoms with Crippen molar-refractivity contribution in [2.45, 2.75) is 20.5 Å². The number of methoxy groups -OCH3 is 1. The summed E-state index contributed by atoms with van der Waals surface area (Å²) in [7, 11) is 1.58. The van der Waals surface area contributed by atoms with Gasteiger partial charge in [0.25, 0.3) is 5.56 Å². The Morgan fingerprint density at radius 1 is 1.37 bits per heavy atom. The molecule has 2 aromatic rings. The molecule has 0 unspecified atom stereocenters. The molecule has 0 aliphatic heterocycles. The number of halogens is 1. The Labute approximate surface area is 120 Å². The van der Waals surface area contributed by atoms with Gasteiger partial charge < -0.3 is 9.72 Å². The van der Waals surface area contributed by atoms with E-state index in [0.29, 0.717) is 22.6 Å². The van der Waals surface area contributed by atoms with Crippen LogP contribution in [-0.2, 0) is 11.3 Å². The van der Waals surface area contributed by atoms with E-state index in [1.54, 1.807) is 7.11 Å². The summed E-state index contributed by atoms with van der Waals surface area (Å²) in [6.07, 6.45) is 0. The molecular formula is C14H15BrN2O2. The van der Waals surface area contributed by atoms with E-state index < -0.39 is 0 Å². The van der Waals surface area contributed by atoms with Gasteiger partial charge in [-0.2, -0.15) is 0 Å².